The largest absolute Gasteiger partial charge is 0.493 e. The number of para-hydroxylation sites is 2. The molecule has 0 unspecified atom stereocenters. The quantitative estimate of drug-likeness (QED) is 0.502. The van der Waals surface area contributed by atoms with Crippen LogP contribution < -0.4 is 10.1 Å². The van der Waals surface area contributed by atoms with Crippen LogP contribution in [0.5, 0.6) is 5.75 Å². The summed E-state index contributed by atoms with van der Waals surface area (Å²) in [5, 5.41) is 7.12. The fraction of sp³-hybridized carbons (Fsp3) is 0.174. The molecule has 1 N–H and O–H groups in total. The van der Waals surface area contributed by atoms with Crippen molar-refractivity contribution in [1.29, 1.82) is 0 Å². The third kappa shape index (κ3) is 4.25. The Morgan fingerprint density at radius 3 is 2.97 bits per heavy atom. The molecule has 2 aromatic carbocycles. The lowest BCUT2D eigenvalue weighted by Gasteiger charge is -2.09. The van der Waals surface area contributed by atoms with Crippen LogP contribution in [0.15, 0.2) is 60.8 Å². The standard InChI is InChI=1S/C23H21N3O4/c1-2-29-23(28)19-11-13-26(25-19)20-6-4-3-5-18(20)24-22(27)10-8-16-7-9-21-17(15-16)12-14-30-21/h3-11,13,15H,2,12,14H2,1H3,(H,24,27)/b10-8+. The van der Waals surface area contributed by atoms with Crippen molar-refractivity contribution in [3.63, 3.8) is 0 Å². The zero-order valence-electron chi connectivity index (χ0n) is 16.5. The highest BCUT2D eigenvalue weighted by Gasteiger charge is 2.14. The van der Waals surface area contributed by atoms with Crippen LogP contribution in [0.2, 0.25) is 0 Å². The van der Waals surface area contributed by atoms with Gasteiger partial charge in [-0.05, 0) is 54.5 Å². The zero-order valence-corrected chi connectivity index (χ0v) is 16.5. The number of esters is 1. The number of carbonyl (C=O) groups excluding carboxylic acids is 2. The summed E-state index contributed by atoms with van der Waals surface area (Å²) < 4.78 is 12.0. The first kappa shape index (κ1) is 19.4. The van der Waals surface area contributed by atoms with Crippen molar-refractivity contribution in [2.75, 3.05) is 18.5 Å². The second-order valence-electron chi connectivity index (χ2n) is 6.67. The second kappa shape index (κ2) is 8.65. The van der Waals surface area contributed by atoms with Crippen molar-refractivity contribution in [3.05, 3.63) is 77.6 Å². The Kier molecular flexibility index (Phi) is 5.61. The summed E-state index contributed by atoms with van der Waals surface area (Å²) in [4.78, 5) is 24.3. The molecule has 1 aliphatic rings. The molecule has 1 amide bonds. The maximum absolute atomic E-state index is 12.5. The highest BCUT2D eigenvalue weighted by atomic mass is 16.5. The van der Waals surface area contributed by atoms with Crippen LogP contribution in [0.1, 0.15) is 28.5 Å². The summed E-state index contributed by atoms with van der Waals surface area (Å²) in [5.41, 5.74) is 3.52. The van der Waals surface area contributed by atoms with Crippen LogP contribution in [0.4, 0.5) is 5.69 Å². The van der Waals surface area contributed by atoms with Gasteiger partial charge in [0.1, 0.15) is 5.75 Å². The molecule has 0 saturated carbocycles. The monoisotopic (exact) mass is 403 g/mol. The van der Waals surface area contributed by atoms with Crippen molar-refractivity contribution in [3.8, 4) is 11.4 Å². The number of benzene rings is 2. The van der Waals surface area contributed by atoms with Gasteiger partial charge in [-0.2, -0.15) is 5.10 Å². The van der Waals surface area contributed by atoms with Crippen LogP contribution in [0.3, 0.4) is 0 Å². The second-order valence-corrected chi connectivity index (χ2v) is 6.67. The molecule has 7 heteroatoms. The molecule has 30 heavy (non-hydrogen) atoms. The van der Waals surface area contributed by atoms with Gasteiger partial charge in [-0.1, -0.05) is 18.2 Å². The SMILES string of the molecule is CCOC(=O)c1ccn(-c2ccccc2NC(=O)/C=C/c2ccc3c(c2)CCO3)n1. The summed E-state index contributed by atoms with van der Waals surface area (Å²) in [6, 6.07) is 14.7. The minimum Gasteiger partial charge on any atom is -0.493 e. The third-order valence-corrected chi connectivity index (χ3v) is 4.62. The van der Waals surface area contributed by atoms with Crippen LogP contribution in [0.25, 0.3) is 11.8 Å². The van der Waals surface area contributed by atoms with Crippen molar-refractivity contribution in [2.24, 2.45) is 0 Å². The Labute approximate surface area is 173 Å². The predicted octanol–water partition coefficient (Wildman–Crippen LogP) is 3.64. The van der Waals surface area contributed by atoms with Gasteiger partial charge in [-0.15, -0.1) is 0 Å². The molecule has 0 spiro atoms. The van der Waals surface area contributed by atoms with Crippen LogP contribution in [-0.2, 0) is 16.0 Å². The van der Waals surface area contributed by atoms with Gasteiger partial charge in [0.05, 0.1) is 24.6 Å². The lowest BCUT2D eigenvalue weighted by molar-refractivity contribution is -0.111. The Balaban J connectivity index is 1.49. The number of aromatic nitrogens is 2. The van der Waals surface area contributed by atoms with E-state index >= 15 is 0 Å². The average molecular weight is 403 g/mol. The van der Waals surface area contributed by atoms with E-state index in [1.54, 1.807) is 31.3 Å². The number of fused-ring (bicyclic) bond motifs is 1. The summed E-state index contributed by atoms with van der Waals surface area (Å²) in [7, 11) is 0. The fourth-order valence-electron chi connectivity index (χ4n) is 3.21. The topological polar surface area (TPSA) is 82.5 Å². The van der Waals surface area contributed by atoms with Crippen molar-refractivity contribution >= 4 is 23.6 Å². The Bertz CT molecular complexity index is 1120. The molecule has 0 saturated heterocycles. The maximum atomic E-state index is 12.5. The molecule has 1 aliphatic heterocycles. The molecule has 152 valence electrons. The van der Waals surface area contributed by atoms with E-state index in [2.05, 4.69) is 10.4 Å². The van der Waals surface area contributed by atoms with E-state index in [1.807, 2.05) is 36.4 Å². The van der Waals surface area contributed by atoms with Gasteiger partial charge in [-0.3, -0.25) is 4.79 Å². The predicted molar refractivity (Wildman–Crippen MR) is 113 cm³/mol. The first-order valence-corrected chi connectivity index (χ1v) is 9.71. The molecule has 1 aromatic heterocycles. The molecule has 3 aromatic rings. The van der Waals surface area contributed by atoms with Gasteiger partial charge in [-0.25, -0.2) is 9.48 Å². The summed E-state index contributed by atoms with van der Waals surface area (Å²) in [6.45, 7) is 2.72. The first-order valence-electron chi connectivity index (χ1n) is 9.71. The van der Waals surface area contributed by atoms with Gasteiger partial charge >= 0.3 is 5.97 Å². The van der Waals surface area contributed by atoms with E-state index in [-0.39, 0.29) is 18.2 Å². The minimum atomic E-state index is -0.486. The Morgan fingerprint density at radius 1 is 1.23 bits per heavy atom. The number of anilines is 1. The molecule has 7 nitrogen and oxygen atoms in total. The lowest BCUT2D eigenvalue weighted by Crippen LogP contribution is -2.11. The summed E-state index contributed by atoms with van der Waals surface area (Å²) in [5.74, 6) is 0.157. The van der Waals surface area contributed by atoms with E-state index in [0.29, 0.717) is 18.0 Å². The van der Waals surface area contributed by atoms with Gasteiger partial charge in [0, 0.05) is 18.7 Å². The lowest BCUT2D eigenvalue weighted by atomic mass is 10.1. The van der Waals surface area contributed by atoms with Crippen molar-refractivity contribution < 1.29 is 19.1 Å². The normalized spacial score (nSPS) is 12.4. The highest BCUT2D eigenvalue weighted by Crippen LogP contribution is 2.26. The van der Waals surface area contributed by atoms with E-state index in [9.17, 15) is 9.59 Å². The highest BCUT2D eigenvalue weighted by molar-refractivity contribution is 6.03. The number of carbonyl (C=O) groups is 2. The molecular formula is C23H21N3O4. The maximum Gasteiger partial charge on any atom is 0.358 e. The number of nitrogens with one attached hydrogen (secondary N) is 1. The van der Waals surface area contributed by atoms with Crippen molar-refractivity contribution in [1.82, 2.24) is 9.78 Å². The number of ether oxygens (including phenoxy) is 2. The third-order valence-electron chi connectivity index (χ3n) is 4.62. The number of nitrogens with zero attached hydrogens (tertiary/aromatic N) is 2. The molecular weight excluding hydrogens is 382 g/mol. The van der Waals surface area contributed by atoms with Gasteiger partial charge in [0.15, 0.2) is 5.69 Å². The first-order chi connectivity index (χ1) is 14.6. The van der Waals surface area contributed by atoms with E-state index in [1.165, 1.54) is 10.8 Å². The number of amides is 1. The van der Waals surface area contributed by atoms with Gasteiger partial charge in [0.2, 0.25) is 5.91 Å². The number of rotatable bonds is 6. The summed E-state index contributed by atoms with van der Waals surface area (Å²) >= 11 is 0. The number of hydrogen-bond donors (Lipinski definition) is 1. The Morgan fingerprint density at radius 2 is 2.10 bits per heavy atom. The smallest absolute Gasteiger partial charge is 0.358 e. The average Bonchev–Trinajstić information content (AvgIpc) is 3.42. The molecule has 4 rings (SSSR count). The molecule has 0 atom stereocenters. The molecule has 0 radical (unpaired) electrons. The Hall–Kier alpha value is -3.87. The molecule has 0 fully saturated rings. The van der Waals surface area contributed by atoms with Gasteiger partial charge < -0.3 is 14.8 Å². The van der Waals surface area contributed by atoms with Crippen LogP contribution >= 0.6 is 0 Å². The van der Waals surface area contributed by atoms with Crippen LogP contribution in [-0.4, -0.2) is 34.9 Å². The molecule has 0 bridgehead atoms. The number of hydrogen-bond acceptors (Lipinski definition) is 5. The van der Waals surface area contributed by atoms with Gasteiger partial charge in [0.25, 0.3) is 0 Å². The molecule has 2 heterocycles. The summed E-state index contributed by atoms with van der Waals surface area (Å²) in [6.07, 6.45) is 5.79. The van der Waals surface area contributed by atoms with Crippen molar-refractivity contribution in [2.45, 2.75) is 13.3 Å². The zero-order chi connectivity index (χ0) is 20.9. The van der Waals surface area contributed by atoms with E-state index < -0.39 is 5.97 Å². The van der Waals surface area contributed by atoms with E-state index in [0.717, 1.165) is 23.3 Å². The fourth-order valence-corrected chi connectivity index (χ4v) is 3.21. The van der Waals surface area contributed by atoms with Crippen LogP contribution in [0, 0.1) is 0 Å². The molecule has 0 aliphatic carbocycles. The minimum absolute atomic E-state index is 0.207. The van der Waals surface area contributed by atoms with E-state index in [4.69, 9.17) is 9.47 Å².